The summed E-state index contributed by atoms with van der Waals surface area (Å²) in [4.78, 5) is 16.5. The van der Waals surface area contributed by atoms with Crippen LogP contribution in [0.4, 0.5) is 0 Å². The van der Waals surface area contributed by atoms with E-state index in [1.54, 1.807) is 0 Å². The first-order valence-corrected chi connectivity index (χ1v) is 5.14. The summed E-state index contributed by atoms with van der Waals surface area (Å²) in [6, 6.07) is 5.29. The normalized spacial score (nSPS) is 14.2. The minimum atomic E-state index is -0.496. The summed E-state index contributed by atoms with van der Waals surface area (Å²) in [6.45, 7) is 3.75. The van der Waals surface area contributed by atoms with Crippen LogP contribution in [0.1, 0.15) is 25.5 Å². The van der Waals surface area contributed by atoms with Gasteiger partial charge in [-0.1, -0.05) is 6.07 Å². The Hall–Kier alpha value is -1.59. The van der Waals surface area contributed by atoms with Crippen LogP contribution in [0.5, 0.6) is 0 Å². The number of aromatic nitrogens is 2. The molecule has 0 saturated heterocycles. The average molecular weight is 220 g/mol. The molecule has 2 rings (SSSR count). The van der Waals surface area contributed by atoms with Gasteiger partial charge in [-0.3, -0.25) is 0 Å². The second-order valence-corrected chi connectivity index (χ2v) is 4.68. The predicted molar refractivity (Wildman–Crippen MR) is 64.1 cm³/mol. The fourth-order valence-electron chi connectivity index (χ4n) is 1.67. The van der Waals surface area contributed by atoms with E-state index < -0.39 is 5.54 Å². The van der Waals surface area contributed by atoms with Crippen LogP contribution in [0.2, 0.25) is 0 Å². The second kappa shape index (κ2) is 3.47. The Morgan fingerprint density at radius 2 is 1.88 bits per heavy atom. The van der Waals surface area contributed by atoms with Gasteiger partial charge in [0.1, 0.15) is 0 Å². The Bertz CT molecular complexity index is 561. The molecule has 1 unspecified atom stereocenters. The molecule has 5 nitrogen and oxygen atoms in total. The average Bonchev–Trinajstić information content (AvgIpc) is 2.54. The number of fused-ring (bicyclic) bond motifs is 1. The van der Waals surface area contributed by atoms with Crippen molar-refractivity contribution < 1.29 is 0 Å². The summed E-state index contributed by atoms with van der Waals surface area (Å²) in [5.74, 6) is 0. The quantitative estimate of drug-likeness (QED) is 0.596. The summed E-state index contributed by atoms with van der Waals surface area (Å²) >= 11 is 0. The van der Waals surface area contributed by atoms with Crippen molar-refractivity contribution in [1.29, 1.82) is 0 Å². The third-order valence-corrected chi connectivity index (χ3v) is 2.70. The maximum Gasteiger partial charge on any atom is 0.323 e. The van der Waals surface area contributed by atoms with Gasteiger partial charge >= 0.3 is 5.69 Å². The number of aromatic amines is 2. The predicted octanol–water partition coefficient (Wildman–Crippen LogP) is 0.593. The lowest BCUT2D eigenvalue weighted by Crippen LogP contribution is -2.43. The number of H-pyrrole nitrogens is 2. The van der Waals surface area contributed by atoms with E-state index in [2.05, 4.69) is 9.97 Å². The van der Waals surface area contributed by atoms with Gasteiger partial charge in [-0.05, 0) is 31.5 Å². The zero-order valence-electron chi connectivity index (χ0n) is 9.37. The van der Waals surface area contributed by atoms with E-state index in [1.165, 1.54) is 0 Å². The van der Waals surface area contributed by atoms with E-state index in [9.17, 15) is 4.79 Å². The molecule has 1 aromatic carbocycles. The number of imidazole rings is 1. The maximum atomic E-state index is 11.1. The molecule has 0 spiro atoms. The molecule has 6 N–H and O–H groups in total. The van der Waals surface area contributed by atoms with Crippen molar-refractivity contribution in [1.82, 2.24) is 9.97 Å². The van der Waals surface area contributed by atoms with Crippen LogP contribution in [0.3, 0.4) is 0 Å². The Morgan fingerprint density at radius 1 is 1.25 bits per heavy atom. The molecule has 1 aromatic heterocycles. The van der Waals surface area contributed by atoms with Gasteiger partial charge in [0.25, 0.3) is 0 Å². The highest BCUT2D eigenvalue weighted by Gasteiger charge is 2.23. The largest absolute Gasteiger partial charge is 0.324 e. The van der Waals surface area contributed by atoms with Crippen LogP contribution >= 0.6 is 0 Å². The van der Waals surface area contributed by atoms with Crippen LogP contribution in [0.15, 0.2) is 23.0 Å². The van der Waals surface area contributed by atoms with E-state index in [4.69, 9.17) is 11.5 Å². The Morgan fingerprint density at radius 3 is 2.50 bits per heavy atom. The van der Waals surface area contributed by atoms with Gasteiger partial charge in [-0.15, -0.1) is 0 Å². The van der Waals surface area contributed by atoms with Crippen molar-refractivity contribution in [3.63, 3.8) is 0 Å². The zero-order valence-corrected chi connectivity index (χ0v) is 9.37. The van der Waals surface area contributed by atoms with Crippen LogP contribution in [-0.2, 0) is 0 Å². The first-order valence-electron chi connectivity index (χ1n) is 5.14. The SMILES string of the molecule is CC(C)(N)C(N)c1ccc2[nH]c(=O)[nH]c2c1. The minimum absolute atomic E-state index is 0.215. The van der Waals surface area contributed by atoms with E-state index in [0.29, 0.717) is 0 Å². The van der Waals surface area contributed by atoms with Crippen LogP contribution in [0.25, 0.3) is 11.0 Å². The zero-order chi connectivity index (χ0) is 11.9. The smallest absolute Gasteiger partial charge is 0.323 e. The summed E-state index contributed by atoms with van der Waals surface area (Å²) in [5, 5.41) is 0. The van der Waals surface area contributed by atoms with Gasteiger partial charge in [0.2, 0.25) is 0 Å². The Labute approximate surface area is 92.8 Å². The molecule has 86 valence electrons. The number of nitrogens with two attached hydrogens (primary N) is 2. The van der Waals surface area contributed by atoms with Gasteiger partial charge < -0.3 is 21.4 Å². The minimum Gasteiger partial charge on any atom is -0.324 e. The number of rotatable bonds is 2. The molecule has 0 aliphatic carbocycles. The van der Waals surface area contributed by atoms with Crippen LogP contribution < -0.4 is 17.2 Å². The van der Waals surface area contributed by atoms with Gasteiger partial charge in [-0.25, -0.2) is 4.79 Å². The van der Waals surface area contributed by atoms with Crippen molar-refractivity contribution in [2.75, 3.05) is 0 Å². The van der Waals surface area contributed by atoms with Crippen molar-refractivity contribution in [2.45, 2.75) is 25.4 Å². The maximum absolute atomic E-state index is 11.1. The molecular weight excluding hydrogens is 204 g/mol. The van der Waals surface area contributed by atoms with Crippen LogP contribution in [0, 0.1) is 0 Å². The highest BCUT2D eigenvalue weighted by molar-refractivity contribution is 5.75. The van der Waals surface area contributed by atoms with E-state index in [-0.39, 0.29) is 11.7 Å². The molecule has 0 amide bonds. The molecule has 5 heteroatoms. The van der Waals surface area contributed by atoms with Crippen LogP contribution in [-0.4, -0.2) is 15.5 Å². The van der Waals surface area contributed by atoms with Crippen molar-refractivity contribution in [3.05, 3.63) is 34.2 Å². The Kier molecular flexibility index (Phi) is 2.36. The fourth-order valence-corrected chi connectivity index (χ4v) is 1.67. The van der Waals surface area contributed by atoms with Crippen molar-refractivity contribution >= 4 is 11.0 Å². The summed E-state index contributed by atoms with van der Waals surface area (Å²) in [7, 11) is 0. The van der Waals surface area contributed by atoms with Gasteiger partial charge in [0.05, 0.1) is 11.0 Å². The van der Waals surface area contributed by atoms with E-state index in [1.807, 2.05) is 32.0 Å². The molecule has 2 aromatic rings. The lowest BCUT2D eigenvalue weighted by molar-refractivity contribution is 0.420. The van der Waals surface area contributed by atoms with E-state index >= 15 is 0 Å². The van der Waals surface area contributed by atoms with E-state index in [0.717, 1.165) is 16.6 Å². The molecule has 0 radical (unpaired) electrons. The summed E-state index contributed by atoms with van der Waals surface area (Å²) in [6.07, 6.45) is 0. The highest BCUT2D eigenvalue weighted by Crippen LogP contribution is 2.22. The third kappa shape index (κ3) is 1.87. The lowest BCUT2D eigenvalue weighted by atomic mass is 9.90. The molecule has 1 atom stereocenters. The lowest BCUT2D eigenvalue weighted by Gasteiger charge is -2.27. The standard InChI is InChI=1S/C11H16N4O/c1-11(2,13)9(12)6-3-4-7-8(5-6)15-10(16)14-7/h3-5,9H,12-13H2,1-2H3,(H2,14,15,16). The first kappa shape index (κ1) is 10.9. The summed E-state index contributed by atoms with van der Waals surface area (Å²) in [5.41, 5.74) is 13.7. The second-order valence-electron chi connectivity index (χ2n) is 4.68. The Balaban J connectivity index is 2.50. The molecule has 0 fully saturated rings. The first-order chi connectivity index (χ1) is 7.38. The fraction of sp³-hybridized carbons (Fsp3) is 0.364. The molecular formula is C11H16N4O. The molecule has 16 heavy (non-hydrogen) atoms. The number of benzene rings is 1. The van der Waals surface area contributed by atoms with Crippen molar-refractivity contribution in [2.24, 2.45) is 11.5 Å². The van der Waals surface area contributed by atoms with Crippen molar-refractivity contribution in [3.8, 4) is 0 Å². The molecule has 1 heterocycles. The number of nitrogens with one attached hydrogen (secondary N) is 2. The monoisotopic (exact) mass is 220 g/mol. The third-order valence-electron chi connectivity index (χ3n) is 2.70. The molecule has 0 bridgehead atoms. The topological polar surface area (TPSA) is 101 Å². The molecule has 0 aliphatic heterocycles. The summed E-state index contributed by atoms with van der Waals surface area (Å²) < 4.78 is 0. The van der Waals surface area contributed by atoms with Gasteiger partial charge in [-0.2, -0.15) is 0 Å². The number of hydrogen-bond donors (Lipinski definition) is 4. The van der Waals surface area contributed by atoms with Gasteiger partial charge in [0.15, 0.2) is 0 Å². The number of hydrogen-bond acceptors (Lipinski definition) is 3. The van der Waals surface area contributed by atoms with Gasteiger partial charge in [0, 0.05) is 11.6 Å². The molecule has 0 aliphatic rings. The highest BCUT2D eigenvalue weighted by atomic mass is 16.1. The molecule has 0 saturated carbocycles.